The van der Waals surface area contributed by atoms with Crippen LogP contribution in [0.4, 0.5) is 0 Å². The van der Waals surface area contributed by atoms with Gasteiger partial charge in [0.1, 0.15) is 0 Å². The standard InChI is InChI=1S/C17H38P/c1-5-9-13-17-18(14-10-6-2,15-11-7-3)16-12-8-4/h5-17H2,1-4H3/q+1. The summed E-state index contributed by atoms with van der Waals surface area (Å²) in [5, 5.41) is 0. The Hall–Kier alpha value is 0.430. The Bertz CT molecular complexity index is 143. The van der Waals surface area contributed by atoms with Gasteiger partial charge in [-0.2, -0.15) is 0 Å². The quantitative estimate of drug-likeness (QED) is 0.262. The van der Waals surface area contributed by atoms with Crippen molar-refractivity contribution in [2.45, 2.75) is 85.5 Å². The molecule has 0 spiro atoms. The van der Waals surface area contributed by atoms with E-state index in [9.17, 15) is 0 Å². The van der Waals surface area contributed by atoms with E-state index in [0.717, 1.165) is 0 Å². The van der Waals surface area contributed by atoms with E-state index in [0.29, 0.717) is 0 Å². The Kier molecular flexibility index (Phi) is 12.8. The molecular formula is C17H38P+. The van der Waals surface area contributed by atoms with Crippen molar-refractivity contribution in [3.05, 3.63) is 0 Å². The van der Waals surface area contributed by atoms with Crippen molar-refractivity contribution in [1.29, 1.82) is 0 Å². The van der Waals surface area contributed by atoms with E-state index in [1.807, 2.05) is 0 Å². The van der Waals surface area contributed by atoms with Crippen molar-refractivity contribution in [2.24, 2.45) is 0 Å². The number of unbranched alkanes of at least 4 members (excludes halogenated alkanes) is 5. The molecule has 0 aromatic carbocycles. The average molecular weight is 273 g/mol. The highest BCUT2D eigenvalue weighted by molar-refractivity contribution is 7.75. The molecule has 0 aliphatic carbocycles. The van der Waals surface area contributed by atoms with Crippen LogP contribution in [0.3, 0.4) is 0 Å². The van der Waals surface area contributed by atoms with Crippen molar-refractivity contribution in [3.63, 3.8) is 0 Å². The van der Waals surface area contributed by atoms with Crippen molar-refractivity contribution in [3.8, 4) is 0 Å². The van der Waals surface area contributed by atoms with E-state index >= 15 is 0 Å². The van der Waals surface area contributed by atoms with Crippen LogP contribution in [-0.4, -0.2) is 24.6 Å². The number of rotatable bonds is 13. The summed E-state index contributed by atoms with van der Waals surface area (Å²) in [6.45, 7) is 9.42. The van der Waals surface area contributed by atoms with Crippen LogP contribution in [0.5, 0.6) is 0 Å². The predicted octanol–water partition coefficient (Wildman–Crippen LogP) is 6.59. The predicted molar refractivity (Wildman–Crippen MR) is 90.6 cm³/mol. The lowest BCUT2D eigenvalue weighted by atomic mass is 10.3. The van der Waals surface area contributed by atoms with E-state index in [1.165, 1.54) is 57.8 Å². The molecule has 0 saturated carbocycles. The lowest BCUT2D eigenvalue weighted by Crippen LogP contribution is -2.12. The van der Waals surface area contributed by atoms with Gasteiger partial charge in [0, 0.05) is 7.26 Å². The van der Waals surface area contributed by atoms with Crippen molar-refractivity contribution < 1.29 is 0 Å². The van der Waals surface area contributed by atoms with Crippen LogP contribution >= 0.6 is 7.26 Å². The molecule has 0 aromatic heterocycles. The number of hydrogen-bond donors (Lipinski definition) is 0. The van der Waals surface area contributed by atoms with Gasteiger partial charge in [-0.15, -0.1) is 0 Å². The first-order valence-electron chi connectivity index (χ1n) is 8.59. The molecule has 18 heavy (non-hydrogen) atoms. The molecule has 0 saturated heterocycles. The molecule has 0 aliphatic heterocycles. The van der Waals surface area contributed by atoms with Crippen LogP contribution in [0.1, 0.15) is 85.5 Å². The number of hydrogen-bond acceptors (Lipinski definition) is 0. The van der Waals surface area contributed by atoms with Crippen LogP contribution in [0, 0.1) is 0 Å². The summed E-state index contributed by atoms with van der Waals surface area (Å²) >= 11 is 0. The molecule has 0 heterocycles. The van der Waals surface area contributed by atoms with Gasteiger partial charge in [-0.3, -0.25) is 0 Å². The van der Waals surface area contributed by atoms with Gasteiger partial charge >= 0.3 is 0 Å². The molecule has 0 radical (unpaired) electrons. The molecule has 110 valence electrons. The van der Waals surface area contributed by atoms with Gasteiger partial charge in [0.15, 0.2) is 0 Å². The Morgan fingerprint density at radius 2 is 0.778 bits per heavy atom. The fourth-order valence-corrected chi connectivity index (χ4v) is 8.05. The van der Waals surface area contributed by atoms with Gasteiger partial charge in [-0.1, -0.05) is 59.8 Å². The van der Waals surface area contributed by atoms with Crippen LogP contribution in [0.2, 0.25) is 0 Å². The zero-order valence-electron chi connectivity index (χ0n) is 13.6. The summed E-state index contributed by atoms with van der Waals surface area (Å²) in [5.74, 6) is 0. The molecule has 0 nitrogen and oxygen atoms in total. The summed E-state index contributed by atoms with van der Waals surface area (Å²) < 4.78 is 0. The average Bonchev–Trinajstić information content (AvgIpc) is 2.40. The summed E-state index contributed by atoms with van der Waals surface area (Å²) in [5.41, 5.74) is 0. The van der Waals surface area contributed by atoms with Crippen LogP contribution in [-0.2, 0) is 0 Å². The van der Waals surface area contributed by atoms with E-state index in [1.54, 1.807) is 24.6 Å². The minimum Gasteiger partial charge on any atom is -0.0654 e. The third kappa shape index (κ3) is 8.52. The summed E-state index contributed by atoms with van der Waals surface area (Å²) in [6, 6.07) is 0. The molecule has 0 rings (SSSR count). The fraction of sp³-hybridized carbons (Fsp3) is 1.00. The first kappa shape index (κ1) is 18.4. The second kappa shape index (κ2) is 12.5. The summed E-state index contributed by atoms with van der Waals surface area (Å²) in [7, 11) is -0.575. The topological polar surface area (TPSA) is 0 Å². The van der Waals surface area contributed by atoms with Crippen molar-refractivity contribution >= 4 is 7.26 Å². The lowest BCUT2D eigenvalue weighted by Gasteiger charge is -2.28. The maximum Gasteiger partial charge on any atom is 0.0594 e. The Morgan fingerprint density at radius 1 is 0.444 bits per heavy atom. The van der Waals surface area contributed by atoms with Gasteiger partial charge in [0.2, 0.25) is 0 Å². The zero-order valence-corrected chi connectivity index (χ0v) is 14.5. The SMILES string of the molecule is CCCCC[P+](CCCC)(CCCC)CCCC. The van der Waals surface area contributed by atoms with Gasteiger partial charge in [-0.05, 0) is 25.7 Å². The second-order valence-corrected chi connectivity index (χ2v) is 10.5. The Morgan fingerprint density at radius 3 is 1.11 bits per heavy atom. The fourth-order valence-electron chi connectivity index (χ4n) is 2.85. The van der Waals surface area contributed by atoms with Gasteiger partial charge in [0.25, 0.3) is 0 Å². The molecule has 0 unspecified atom stereocenters. The van der Waals surface area contributed by atoms with E-state index in [-0.39, 0.29) is 0 Å². The van der Waals surface area contributed by atoms with Gasteiger partial charge in [-0.25, -0.2) is 0 Å². The normalized spacial score (nSPS) is 12.0. The molecule has 0 atom stereocenters. The van der Waals surface area contributed by atoms with Crippen LogP contribution in [0.15, 0.2) is 0 Å². The monoisotopic (exact) mass is 273 g/mol. The third-order valence-corrected chi connectivity index (χ3v) is 9.25. The highest BCUT2D eigenvalue weighted by Gasteiger charge is 2.34. The van der Waals surface area contributed by atoms with E-state index in [2.05, 4.69) is 27.7 Å². The molecular weight excluding hydrogens is 235 g/mol. The molecule has 1 heteroatoms. The molecule has 0 fully saturated rings. The largest absolute Gasteiger partial charge is 0.0654 e. The first-order chi connectivity index (χ1) is 8.74. The molecule has 0 bridgehead atoms. The molecule has 0 amide bonds. The van der Waals surface area contributed by atoms with E-state index in [4.69, 9.17) is 0 Å². The van der Waals surface area contributed by atoms with Gasteiger partial charge in [0.05, 0.1) is 24.6 Å². The maximum atomic E-state index is 2.36. The first-order valence-corrected chi connectivity index (χ1v) is 11.1. The molecule has 0 aromatic rings. The van der Waals surface area contributed by atoms with Crippen molar-refractivity contribution in [1.82, 2.24) is 0 Å². The van der Waals surface area contributed by atoms with Gasteiger partial charge < -0.3 is 0 Å². The smallest absolute Gasteiger partial charge is 0.0594 e. The zero-order chi connectivity index (χ0) is 13.7. The maximum absolute atomic E-state index is 2.36. The third-order valence-electron chi connectivity index (χ3n) is 4.19. The summed E-state index contributed by atoms with van der Waals surface area (Å²) in [4.78, 5) is 0. The minimum atomic E-state index is -0.575. The highest BCUT2D eigenvalue weighted by atomic mass is 31.2. The molecule has 0 aliphatic rings. The molecule has 0 N–H and O–H groups in total. The Balaban J connectivity index is 4.41. The van der Waals surface area contributed by atoms with Crippen LogP contribution in [0.25, 0.3) is 0 Å². The minimum absolute atomic E-state index is 0.575. The Labute approximate surface area is 118 Å². The van der Waals surface area contributed by atoms with E-state index < -0.39 is 7.26 Å². The van der Waals surface area contributed by atoms with Crippen molar-refractivity contribution in [2.75, 3.05) is 24.6 Å². The highest BCUT2D eigenvalue weighted by Crippen LogP contribution is 2.61. The summed E-state index contributed by atoms with van der Waals surface area (Å²) in [6.07, 6.45) is 19.5. The lowest BCUT2D eigenvalue weighted by molar-refractivity contribution is 0.761. The van der Waals surface area contributed by atoms with Crippen LogP contribution < -0.4 is 0 Å². The second-order valence-electron chi connectivity index (χ2n) is 6.00.